The molecule has 0 radical (unpaired) electrons. The quantitative estimate of drug-likeness (QED) is 0.266. The molecule has 1 amide bonds. The number of nitrogens with one attached hydrogen (secondary N) is 3. The minimum atomic E-state index is -0.0821. The SMILES string of the molecule is CN=C(NCCc1cccc(C(=O)NC)c1)NCC(C)Oc1ccccc1OC.I. The van der Waals surface area contributed by atoms with E-state index in [0.29, 0.717) is 36.1 Å². The van der Waals surface area contributed by atoms with E-state index in [-0.39, 0.29) is 36.0 Å². The molecule has 7 nitrogen and oxygen atoms in total. The van der Waals surface area contributed by atoms with Crippen molar-refractivity contribution in [3.63, 3.8) is 0 Å². The van der Waals surface area contributed by atoms with E-state index >= 15 is 0 Å². The molecule has 0 aromatic heterocycles. The van der Waals surface area contributed by atoms with Crippen molar-refractivity contribution in [1.29, 1.82) is 0 Å². The Balaban J connectivity index is 0.00000450. The lowest BCUT2D eigenvalue weighted by molar-refractivity contribution is 0.0963. The molecular weight excluding hydrogens is 495 g/mol. The molecule has 0 aliphatic heterocycles. The van der Waals surface area contributed by atoms with Crippen LogP contribution in [-0.4, -0.2) is 52.3 Å². The molecule has 0 saturated carbocycles. The lowest BCUT2D eigenvalue weighted by Crippen LogP contribution is -2.42. The normalized spacial score (nSPS) is 11.7. The van der Waals surface area contributed by atoms with Crippen molar-refractivity contribution in [2.24, 2.45) is 4.99 Å². The van der Waals surface area contributed by atoms with E-state index < -0.39 is 0 Å². The highest BCUT2D eigenvalue weighted by atomic mass is 127. The van der Waals surface area contributed by atoms with Gasteiger partial charge in [-0.3, -0.25) is 9.79 Å². The summed E-state index contributed by atoms with van der Waals surface area (Å²) in [5, 5.41) is 9.18. The van der Waals surface area contributed by atoms with E-state index in [4.69, 9.17) is 9.47 Å². The fourth-order valence-corrected chi connectivity index (χ4v) is 2.77. The van der Waals surface area contributed by atoms with Crippen LogP contribution < -0.4 is 25.4 Å². The third-order valence-electron chi connectivity index (χ3n) is 4.30. The molecule has 164 valence electrons. The maximum Gasteiger partial charge on any atom is 0.251 e. The van der Waals surface area contributed by atoms with E-state index in [0.717, 1.165) is 12.0 Å². The molecule has 0 heterocycles. The van der Waals surface area contributed by atoms with Crippen LogP contribution in [0.1, 0.15) is 22.8 Å². The first-order valence-electron chi connectivity index (χ1n) is 9.62. The van der Waals surface area contributed by atoms with E-state index in [1.165, 1.54) is 0 Å². The van der Waals surface area contributed by atoms with E-state index in [1.54, 1.807) is 27.3 Å². The molecule has 2 aromatic carbocycles. The first-order valence-corrected chi connectivity index (χ1v) is 9.62. The van der Waals surface area contributed by atoms with Gasteiger partial charge in [-0.05, 0) is 43.2 Å². The van der Waals surface area contributed by atoms with Gasteiger partial charge in [-0.25, -0.2) is 0 Å². The fourth-order valence-electron chi connectivity index (χ4n) is 2.77. The Morgan fingerprint density at radius 2 is 1.83 bits per heavy atom. The first kappa shape index (κ1) is 25.5. The van der Waals surface area contributed by atoms with Crippen LogP contribution in [0, 0.1) is 0 Å². The monoisotopic (exact) mass is 526 g/mol. The van der Waals surface area contributed by atoms with Gasteiger partial charge in [-0.1, -0.05) is 24.3 Å². The third-order valence-corrected chi connectivity index (χ3v) is 4.30. The van der Waals surface area contributed by atoms with Crippen molar-refractivity contribution < 1.29 is 14.3 Å². The standard InChI is InChI=1S/C22H30N4O3.HI/c1-16(29-20-11-6-5-10-19(20)28-4)15-26-22(24-3)25-13-12-17-8-7-9-18(14-17)21(27)23-2;/h5-11,14,16H,12-13,15H2,1-4H3,(H,23,27)(H2,24,25,26);1H. The van der Waals surface area contributed by atoms with Gasteiger partial charge >= 0.3 is 0 Å². The Morgan fingerprint density at radius 3 is 2.50 bits per heavy atom. The van der Waals surface area contributed by atoms with E-state index in [1.807, 2.05) is 49.4 Å². The van der Waals surface area contributed by atoms with Crippen LogP contribution in [0.25, 0.3) is 0 Å². The highest BCUT2D eigenvalue weighted by Crippen LogP contribution is 2.26. The van der Waals surface area contributed by atoms with Gasteiger partial charge in [0.05, 0.1) is 13.7 Å². The molecule has 1 atom stereocenters. The van der Waals surface area contributed by atoms with Crippen molar-refractivity contribution >= 4 is 35.8 Å². The Morgan fingerprint density at radius 1 is 1.10 bits per heavy atom. The summed E-state index contributed by atoms with van der Waals surface area (Å²) < 4.78 is 11.3. The number of hydrogen-bond acceptors (Lipinski definition) is 4. The molecule has 2 aromatic rings. The van der Waals surface area contributed by atoms with Crippen molar-refractivity contribution in [2.75, 3.05) is 34.3 Å². The molecule has 1 unspecified atom stereocenters. The van der Waals surface area contributed by atoms with Gasteiger partial charge in [0.2, 0.25) is 0 Å². The number of rotatable bonds is 9. The molecule has 0 saturated heterocycles. The predicted octanol–water partition coefficient (Wildman–Crippen LogP) is 2.85. The molecule has 0 aliphatic carbocycles. The van der Waals surface area contributed by atoms with Crippen LogP contribution in [0.15, 0.2) is 53.5 Å². The van der Waals surface area contributed by atoms with Crippen LogP contribution in [0.5, 0.6) is 11.5 Å². The number of carbonyl (C=O) groups is 1. The zero-order valence-electron chi connectivity index (χ0n) is 17.9. The molecule has 0 fully saturated rings. The number of carbonyl (C=O) groups excluding carboxylic acids is 1. The Bertz CT molecular complexity index is 830. The van der Waals surface area contributed by atoms with Crippen molar-refractivity contribution in [1.82, 2.24) is 16.0 Å². The molecular formula is C22H31IN4O3. The minimum Gasteiger partial charge on any atom is -0.493 e. The number of amides is 1. The van der Waals surface area contributed by atoms with Crippen LogP contribution in [0.3, 0.4) is 0 Å². The van der Waals surface area contributed by atoms with Gasteiger partial charge < -0.3 is 25.4 Å². The minimum absolute atomic E-state index is 0. The largest absolute Gasteiger partial charge is 0.493 e. The number of nitrogens with zero attached hydrogens (tertiary/aromatic N) is 1. The Kier molecular flexibility index (Phi) is 11.7. The predicted molar refractivity (Wildman–Crippen MR) is 131 cm³/mol. The van der Waals surface area contributed by atoms with Crippen LogP contribution in [-0.2, 0) is 6.42 Å². The van der Waals surface area contributed by atoms with Gasteiger partial charge in [0.1, 0.15) is 6.10 Å². The summed E-state index contributed by atoms with van der Waals surface area (Å²) >= 11 is 0. The third kappa shape index (κ3) is 8.10. The van der Waals surface area contributed by atoms with Crippen LogP contribution in [0.2, 0.25) is 0 Å². The number of guanidine groups is 1. The average Bonchev–Trinajstić information content (AvgIpc) is 2.76. The lowest BCUT2D eigenvalue weighted by atomic mass is 10.1. The number of methoxy groups -OCH3 is 1. The highest BCUT2D eigenvalue weighted by molar-refractivity contribution is 14.0. The number of aliphatic imine (C=N–C) groups is 1. The lowest BCUT2D eigenvalue weighted by Gasteiger charge is -2.19. The van der Waals surface area contributed by atoms with Gasteiger partial charge in [0.15, 0.2) is 17.5 Å². The van der Waals surface area contributed by atoms with Crippen molar-refractivity contribution in [2.45, 2.75) is 19.4 Å². The van der Waals surface area contributed by atoms with Gasteiger partial charge in [0.25, 0.3) is 5.91 Å². The van der Waals surface area contributed by atoms with Gasteiger partial charge in [-0.15, -0.1) is 24.0 Å². The number of ether oxygens (including phenoxy) is 2. The summed E-state index contributed by atoms with van der Waals surface area (Å²) in [5.74, 6) is 2.04. The fraction of sp³-hybridized carbons (Fsp3) is 0.364. The van der Waals surface area contributed by atoms with E-state index in [2.05, 4.69) is 20.9 Å². The molecule has 8 heteroatoms. The zero-order valence-corrected chi connectivity index (χ0v) is 20.2. The summed E-state index contributed by atoms with van der Waals surface area (Å²) in [4.78, 5) is 16.0. The van der Waals surface area contributed by atoms with Crippen LogP contribution >= 0.6 is 24.0 Å². The summed E-state index contributed by atoms with van der Waals surface area (Å²) in [6, 6.07) is 15.2. The molecule has 30 heavy (non-hydrogen) atoms. The molecule has 3 N–H and O–H groups in total. The number of halogens is 1. The summed E-state index contributed by atoms with van der Waals surface area (Å²) in [7, 11) is 4.99. The van der Waals surface area contributed by atoms with Crippen LogP contribution in [0.4, 0.5) is 0 Å². The van der Waals surface area contributed by atoms with Gasteiger partial charge in [-0.2, -0.15) is 0 Å². The Hall–Kier alpha value is -2.49. The number of para-hydroxylation sites is 2. The smallest absolute Gasteiger partial charge is 0.251 e. The van der Waals surface area contributed by atoms with Crippen molar-refractivity contribution in [3.05, 3.63) is 59.7 Å². The maximum atomic E-state index is 11.7. The highest BCUT2D eigenvalue weighted by Gasteiger charge is 2.09. The summed E-state index contributed by atoms with van der Waals surface area (Å²) in [6.45, 7) is 3.26. The molecule has 0 spiro atoms. The topological polar surface area (TPSA) is 84.0 Å². The second-order valence-electron chi connectivity index (χ2n) is 6.49. The second-order valence-corrected chi connectivity index (χ2v) is 6.49. The molecule has 0 bridgehead atoms. The second kappa shape index (κ2) is 13.7. The number of hydrogen-bond donors (Lipinski definition) is 3. The molecule has 2 rings (SSSR count). The summed E-state index contributed by atoms with van der Waals surface area (Å²) in [6.07, 6.45) is 0.702. The van der Waals surface area contributed by atoms with Crippen molar-refractivity contribution in [3.8, 4) is 11.5 Å². The average molecular weight is 526 g/mol. The Labute approximate surface area is 195 Å². The summed E-state index contributed by atoms with van der Waals surface area (Å²) in [5.41, 5.74) is 1.75. The maximum absolute atomic E-state index is 11.7. The van der Waals surface area contributed by atoms with Gasteiger partial charge in [0, 0.05) is 26.2 Å². The zero-order chi connectivity index (χ0) is 21.1. The first-order chi connectivity index (χ1) is 14.1. The number of benzene rings is 2. The molecule has 0 aliphatic rings. The van der Waals surface area contributed by atoms with E-state index in [9.17, 15) is 4.79 Å².